The fourth-order valence-corrected chi connectivity index (χ4v) is 6.69. The number of benzene rings is 2. The molecule has 36 heavy (non-hydrogen) atoms. The number of rotatable bonds is 8. The van der Waals surface area contributed by atoms with Crippen molar-refractivity contribution < 1.29 is 14.6 Å². The van der Waals surface area contributed by atoms with E-state index >= 15 is 0 Å². The van der Waals surface area contributed by atoms with Crippen molar-refractivity contribution in [3.05, 3.63) is 65.7 Å². The number of aliphatic hydroxyl groups is 1. The minimum absolute atomic E-state index is 0.104. The summed E-state index contributed by atoms with van der Waals surface area (Å²) < 4.78 is 11.4. The molecular weight excluding hydrogens is 450 g/mol. The van der Waals surface area contributed by atoms with Crippen LogP contribution in [0.3, 0.4) is 0 Å². The zero-order valence-corrected chi connectivity index (χ0v) is 21.9. The monoisotopic (exact) mass is 493 g/mol. The van der Waals surface area contributed by atoms with Gasteiger partial charge in [0.25, 0.3) is 0 Å². The fourth-order valence-electron chi connectivity index (χ4n) is 6.69. The molecule has 6 nitrogen and oxygen atoms in total. The molecule has 1 aliphatic carbocycles. The number of nitrogens with one attached hydrogen (secondary N) is 1. The third kappa shape index (κ3) is 5.63. The summed E-state index contributed by atoms with van der Waals surface area (Å²) in [6.07, 6.45) is 3.91. The van der Waals surface area contributed by atoms with Crippen LogP contribution in [0.1, 0.15) is 49.8 Å². The maximum Gasteiger partial charge on any atom is 0.119 e. The third-order valence-electron chi connectivity index (χ3n) is 8.88. The number of aliphatic hydroxyl groups excluding tert-OH is 1. The van der Waals surface area contributed by atoms with E-state index in [1.54, 1.807) is 0 Å². The number of ether oxygens (including phenoxy) is 2. The number of hydrogen-bond acceptors (Lipinski definition) is 6. The minimum Gasteiger partial charge on any atom is -0.492 e. The van der Waals surface area contributed by atoms with Gasteiger partial charge in [-0.2, -0.15) is 0 Å². The molecule has 5 rings (SSSR count). The molecule has 5 atom stereocenters. The summed E-state index contributed by atoms with van der Waals surface area (Å²) in [5, 5.41) is 15.4. The molecule has 2 aliphatic heterocycles. The van der Waals surface area contributed by atoms with Gasteiger partial charge in [-0.05, 0) is 49.6 Å². The Balaban J connectivity index is 1.15. The number of hydrogen-bond donors (Lipinski definition) is 2. The van der Waals surface area contributed by atoms with Gasteiger partial charge in [0, 0.05) is 49.7 Å². The van der Waals surface area contributed by atoms with Crippen LogP contribution < -0.4 is 10.1 Å². The largest absolute Gasteiger partial charge is 0.492 e. The molecule has 0 aromatic heterocycles. The summed E-state index contributed by atoms with van der Waals surface area (Å²) in [4.78, 5) is 4.91. The molecule has 0 radical (unpaired) electrons. The van der Waals surface area contributed by atoms with Crippen LogP contribution in [-0.4, -0.2) is 79.6 Å². The van der Waals surface area contributed by atoms with E-state index in [-0.39, 0.29) is 17.6 Å². The first-order chi connectivity index (χ1) is 17.5. The lowest BCUT2D eigenvalue weighted by atomic mass is 9.74. The highest BCUT2D eigenvalue weighted by molar-refractivity contribution is 5.27. The van der Waals surface area contributed by atoms with Gasteiger partial charge in [-0.3, -0.25) is 9.80 Å². The van der Waals surface area contributed by atoms with Crippen LogP contribution >= 0.6 is 0 Å². The van der Waals surface area contributed by atoms with Crippen molar-refractivity contribution in [2.75, 3.05) is 46.5 Å². The van der Waals surface area contributed by atoms with Gasteiger partial charge >= 0.3 is 0 Å². The SMILES string of the molecule is CN1[C@@H](c2ccccc2)C[C@@]2(C)[C@@H](O)[C@H](NCc3ccc(OCCN4CCOCC4)cc3)CCC[C@@H]12. The first kappa shape index (κ1) is 25.7. The van der Waals surface area contributed by atoms with Crippen molar-refractivity contribution in [2.24, 2.45) is 5.41 Å². The van der Waals surface area contributed by atoms with E-state index in [0.717, 1.165) is 70.8 Å². The molecule has 2 heterocycles. The Kier molecular flexibility index (Phi) is 8.28. The van der Waals surface area contributed by atoms with E-state index in [1.165, 1.54) is 11.1 Å². The predicted molar refractivity (Wildman–Crippen MR) is 143 cm³/mol. The van der Waals surface area contributed by atoms with Crippen LogP contribution in [0.5, 0.6) is 5.75 Å². The van der Waals surface area contributed by atoms with E-state index in [1.807, 2.05) is 0 Å². The van der Waals surface area contributed by atoms with Crippen LogP contribution in [0.4, 0.5) is 0 Å². The van der Waals surface area contributed by atoms with Gasteiger partial charge in [-0.25, -0.2) is 0 Å². The zero-order valence-electron chi connectivity index (χ0n) is 21.9. The smallest absolute Gasteiger partial charge is 0.119 e. The zero-order chi connectivity index (χ0) is 25.0. The fraction of sp³-hybridized carbons (Fsp3) is 0.600. The summed E-state index contributed by atoms with van der Waals surface area (Å²) in [5.41, 5.74) is 2.46. The molecule has 2 aromatic rings. The molecule has 0 amide bonds. The number of fused-ring (bicyclic) bond motifs is 1. The summed E-state index contributed by atoms with van der Waals surface area (Å²) in [5.74, 6) is 0.915. The molecule has 2 N–H and O–H groups in total. The minimum atomic E-state index is -0.371. The third-order valence-corrected chi connectivity index (χ3v) is 8.88. The van der Waals surface area contributed by atoms with Crippen molar-refractivity contribution >= 4 is 0 Å². The summed E-state index contributed by atoms with van der Waals surface area (Å²) in [6, 6.07) is 20.1. The quantitative estimate of drug-likeness (QED) is 0.583. The summed E-state index contributed by atoms with van der Waals surface area (Å²) in [7, 11) is 2.25. The topological polar surface area (TPSA) is 57.2 Å². The van der Waals surface area contributed by atoms with Crippen molar-refractivity contribution in [2.45, 2.75) is 63.4 Å². The predicted octanol–water partition coefficient (Wildman–Crippen LogP) is 3.85. The average molecular weight is 494 g/mol. The lowest BCUT2D eigenvalue weighted by molar-refractivity contribution is -0.00456. The van der Waals surface area contributed by atoms with Crippen LogP contribution in [0.2, 0.25) is 0 Å². The van der Waals surface area contributed by atoms with E-state index in [0.29, 0.717) is 18.7 Å². The van der Waals surface area contributed by atoms with E-state index in [4.69, 9.17) is 9.47 Å². The van der Waals surface area contributed by atoms with E-state index < -0.39 is 0 Å². The normalized spacial score (nSPS) is 31.6. The van der Waals surface area contributed by atoms with Gasteiger partial charge < -0.3 is 19.9 Å². The number of morpholine rings is 1. The number of likely N-dealkylation sites (tertiary alicyclic amines) is 1. The lowest BCUT2D eigenvalue weighted by Gasteiger charge is -2.39. The second kappa shape index (κ2) is 11.6. The van der Waals surface area contributed by atoms with Gasteiger partial charge in [-0.1, -0.05) is 55.8 Å². The highest BCUT2D eigenvalue weighted by Gasteiger charge is 2.54. The molecule has 6 heteroatoms. The molecule has 196 valence electrons. The van der Waals surface area contributed by atoms with E-state index in [2.05, 4.69) is 83.7 Å². The second-order valence-electron chi connectivity index (χ2n) is 11.1. The van der Waals surface area contributed by atoms with Gasteiger partial charge in [0.2, 0.25) is 0 Å². The Morgan fingerprint density at radius 3 is 2.56 bits per heavy atom. The lowest BCUT2D eigenvalue weighted by Crippen LogP contribution is -2.51. The Morgan fingerprint density at radius 2 is 1.81 bits per heavy atom. The molecule has 3 fully saturated rings. The molecule has 0 spiro atoms. The number of nitrogens with zero attached hydrogens (tertiary/aromatic N) is 2. The van der Waals surface area contributed by atoms with Crippen molar-refractivity contribution in [3.63, 3.8) is 0 Å². The average Bonchev–Trinajstić information content (AvgIpc) is 3.10. The van der Waals surface area contributed by atoms with Gasteiger partial charge in [-0.15, -0.1) is 0 Å². The highest BCUT2D eigenvalue weighted by atomic mass is 16.5. The molecule has 2 aromatic carbocycles. The van der Waals surface area contributed by atoms with Crippen molar-refractivity contribution in [1.29, 1.82) is 0 Å². The summed E-state index contributed by atoms with van der Waals surface area (Å²) in [6.45, 7) is 8.33. The van der Waals surface area contributed by atoms with Crippen LogP contribution in [0, 0.1) is 5.41 Å². The van der Waals surface area contributed by atoms with Gasteiger partial charge in [0.05, 0.1) is 19.3 Å². The molecule has 2 saturated heterocycles. The first-order valence-corrected chi connectivity index (χ1v) is 13.7. The molecular formula is C30H43N3O3. The van der Waals surface area contributed by atoms with E-state index in [9.17, 15) is 5.11 Å². The maximum atomic E-state index is 11.7. The Hall–Kier alpha value is -1.96. The van der Waals surface area contributed by atoms with Crippen molar-refractivity contribution in [1.82, 2.24) is 15.1 Å². The Bertz CT molecular complexity index is 950. The van der Waals surface area contributed by atoms with Crippen LogP contribution in [0.15, 0.2) is 54.6 Å². The Labute approximate surface area is 216 Å². The first-order valence-electron chi connectivity index (χ1n) is 13.7. The highest BCUT2D eigenvalue weighted by Crippen LogP contribution is 2.52. The summed E-state index contributed by atoms with van der Waals surface area (Å²) >= 11 is 0. The maximum absolute atomic E-state index is 11.7. The molecule has 1 saturated carbocycles. The van der Waals surface area contributed by atoms with Crippen LogP contribution in [-0.2, 0) is 11.3 Å². The van der Waals surface area contributed by atoms with Crippen LogP contribution in [0.25, 0.3) is 0 Å². The molecule has 0 bridgehead atoms. The molecule has 0 unspecified atom stereocenters. The Morgan fingerprint density at radius 1 is 1.06 bits per heavy atom. The van der Waals surface area contributed by atoms with Gasteiger partial charge in [0.1, 0.15) is 12.4 Å². The standard InChI is InChI=1S/C30H43N3O3/c1-30-21-27(24-7-4-3-5-8-24)32(2)28(30)10-6-9-26(29(30)34)31-22-23-11-13-25(14-12-23)36-20-17-33-15-18-35-19-16-33/h3-5,7-8,11-14,26-29,31,34H,6,9-10,15-22H2,1-2H3/t26-,27-,28-,29+,30-/m1/s1. The van der Waals surface area contributed by atoms with Crippen molar-refractivity contribution in [3.8, 4) is 5.75 Å². The van der Waals surface area contributed by atoms with Gasteiger partial charge in [0.15, 0.2) is 0 Å². The second-order valence-corrected chi connectivity index (χ2v) is 11.1. The molecule has 3 aliphatic rings.